The van der Waals surface area contributed by atoms with Gasteiger partial charge in [0.2, 0.25) is 12.0 Å². The molecule has 17 heteroatoms. The molecule has 3 heterocycles. The number of phenols is 3. The van der Waals surface area contributed by atoms with Crippen molar-refractivity contribution >= 4 is 11.0 Å². The lowest BCUT2D eigenvalue weighted by Gasteiger charge is -2.45. The second-order valence-corrected chi connectivity index (χ2v) is 10.4. The first-order valence-electron chi connectivity index (χ1n) is 13.5. The number of hydrogen-bond acceptors (Lipinski definition) is 17. The van der Waals surface area contributed by atoms with E-state index in [1.165, 1.54) is 25.3 Å². The summed E-state index contributed by atoms with van der Waals surface area (Å²) in [4.78, 5) is 13.0. The lowest BCUT2D eigenvalue weighted by atomic mass is 9.97. The highest BCUT2D eigenvalue weighted by Gasteiger charge is 2.51. The standard InChI is InChI=1S/C28H32O17/c1-40-14-4-9(2-3-10(14)31)13-5-11(32)18-12(33)6-15(21(36)25(18)41-13)42-28-26(23(38)20(35)17(8-30)44-28)45-27-24(39)22(37)19(34)16(7-29)43-27/h2-6,16-17,19-20,22-24,26-31,33-39H,7-8H2,1H3/t16-,17-,19-,20-,22-,23+,24-,26-,27+,28-/m1/s1. The summed E-state index contributed by atoms with van der Waals surface area (Å²) in [5, 5.41) is 102. The van der Waals surface area contributed by atoms with Crippen LogP contribution in [0.3, 0.4) is 0 Å². The SMILES string of the molecule is COc1cc(-c2cc(=O)c3c(O)cc(O[C@@H]4O[C@H](CO)[C@@H](O)[C@H](O)[C@H]4O[C@@H]4O[C@H](CO)[C@@H](O)[C@@H](O)[C@H]4O)c(O)c3o2)ccc1O. The number of benzene rings is 2. The van der Waals surface area contributed by atoms with Gasteiger partial charge in [0.1, 0.15) is 59.6 Å². The molecule has 0 saturated carbocycles. The van der Waals surface area contributed by atoms with Crippen molar-refractivity contribution in [3.8, 4) is 40.1 Å². The maximum absolute atomic E-state index is 13.0. The lowest BCUT2D eigenvalue weighted by molar-refractivity contribution is -0.358. The zero-order valence-corrected chi connectivity index (χ0v) is 23.4. The number of aromatic hydroxyl groups is 3. The highest BCUT2D eigenvalue weighted by molar-refractivity contribution is 5.91. The van der Waals surface area contributed by atoms with E-state index in [4.69, 9.17) is 28.1 Å². The summed E-state index contributed by atoms with van der Waals surface area (Å²) in [6.07, 6.45) is -17.5. The molecule has 0 unspecified atom stereocenters. The Morgan fingerprint density at radius 1 is 0.756 bits per heavy atom. The van der Waals surface area contributed by atoms with Crippen molar-refractivity contribution in [2.75, 3.05) is 20.3 Å². The Morgan fingerprint density at radius 2 is 1.40 bits per heavy atom. The quantitative estimate of drug-likeness (QED) is 0.115. The van der Waals surface area contributed by atoms with E-state index in [1.54, 1.807) is 0 Å². The number of aliphatic hydroxyl groups excluding tert-OH is 7. The zero-order chi connectivity index (χ0) is 32.7. The van der Waals surface area contributed by atoms with Gasteiger partial charge < -0.3 is 79.2 Å². The minimum absolute atomic E-state index is 0.0541. The first-order valence-corrected chi connectivity index (χ1v) is 13.5. The highest BCUT2D eigenvalue weighted by Crippen LogP contribution is 2.42. The fourth-order valence-corrected chi connectivity index (χ4v) is 5.10. The minimum atomic E-state index is -1.92. The molecular weight excluding hydrogens is 608 g/mol. The van der Waals surface area contributed by atoms with Crippen LogP contribution in [-0.4, -0.2) is 133 Å². The fraction of sp³-hybridized carbons (Fsp3) is 0.464. The number of rotatable bonds is 8. The van der Waals surface area contributed by atoms with Crippen molar-refractivity contribution in [3.05, 3.63) is 40.6 Å². The summed E-state index contributed by atoms with van der Waals surface area (Å²) >= 11 is 0. The second kappa shape index (κ2) is 12.9. The van der Waals surface area contributed by atoms with Gasteiger partial charge in [0, 0.05) is 17.7 Å². The molecule has 1 aromatic heterocycles. The van der Waals surface area contributed by atoms with Crippen LogP contribution >= 0.6 is 0 Å². The lowest BCUT2D eigenvalue weighted by Crippen LogP contribution is -2.65. The molecule has 246 valence electrons. The topological polar surface area (TPSA) is 279 Å². The molecule has 10 atom stereocenters. The predicted molar refractivity (Wildman–Crippen MR) is 146 cm³/mol. The van der Waals surface area contributed by atoms with Gasteiger partial charge in [0.05, 0.1) is 20.3 Å². The fourth-order valence-electron chi connectivity index (χ4n) is 5.10. The van der Waals surface area contributed by atoms with Crippen molar-refractivity contribution in [3.63, 3.8) is 0 Å². The first kappa shape index (κ1) is 32.6. The van der Waals surface area contributed by atoms with Crippen LogP contribution in [0.2, 0.25) is 0 Å². The van der Waals surface area contributed by atoms with Gasteiger partial charge in [-0.3, -0.25) is 4.79 Å². The maximum atomic E-state index is 13.0. The summed E-state index contributed by atoms with van der Waals surface area (Å²) in [5.41, 5.74) is -1.06. The van der Waals surface area contributed by atoms with E-state index in [-0.39, 0.29) is 22.8 Å². The van der Waals surface area contributed by atoms with Crippen molar-refractivity contribution < 1.29 is 79.2 Å². The van der Waals surface area contributed by atoms with Crippen LogP contribution in [-0.2, 0) is 14.2 Å². The Hall–Kier alpha value is -3.75. The predicted octanol–water partition coefficient (Wildman–Crippen LogP) is -2.41. The molecule has 0 bridgehead atoms. The highest BCUT2D eigenvalue weighted by atomic mass is 16.8. The molecule has 2 aliphatic rings. The Bertz CT molecular complexity index is 1570. The molecule has 0 spiro atoms. The number of aliphatic hydroxyl groups is 7. The summed E-state index contributed by atoms with van der Waals surface area (Å²) in [5.74, 6) is -2.36. The first-order chi connectivity index (χ1) is 21.4. The normalized spacial score (nSPS) is 32.0. The molecule has 2 aliphatic heterocycles. The largest absolute Gasteiger partial charge is 0.507 e. The number of phenolic OH excluding ortho intramolecular Hbond substituents is 3. The summed E-state index contributed by atoms with van der Waals surface area (Å²) in [6.45, 7) is -1.62. The molecule has 0 amide bonds. The molecule has 2 fully saturated rings. The van der Waals surface area contributed by atoms with E-state index in [1.807, 2.05) is 0 Å². The van der Waals surface area contributed by atoms with Gasteiger partial charge in [-0.2, -0.15) is 0 Å². The van der Waals surface area contributed by atoms with Gasteiger partial charge >= 0.3 is 0 Å². The van der Waals surface area contributed by atoms with Crippen LogP contribution in [0.1, 0.15) is 0 Å². The smallest absolute Gasteiger partial charge is 0.229 e. The van der Waals surface area contributed by atoms with E-state index in [0.29, 0.717) is 0 Å². The van der Waals surface area contributed by atoms with E-state index >= 15 is 0 Å². The second-order valence-electron chi connectivity index (χ2n) is 10.4. The average Bonchev–Trinajstić information content (AvgIpc) is 3.02. The van der Waals surface area contributed by atoms with Crippen molar-refractivity contribution in [1.82, 2.24) is 0 Å². The molecule has 2 aromatic carbocycles. The third-order valence-electron chi connectivity index (χ3n) is 7.59. The monoisotopic (exact) mass is 640 g/mol. The van der Waals surface area contributed by atoms with Crippen molar-refractivity contribution in [2.24, 2.45) is 0 Å². The van der Waals surface area contributed by atoms with E-state index < -0.39 is 108 Å². The van der Waals surface area contributed by atoms with Gasteiger partial charge in [-0.15, -0.1) is 0 Å². The maximum Gasteiger partial charge on any atom is 0.229 e. The van der Waals surface area contributed by atoms with Crippen LogP contribution in [0.4, 0.5) is 0 Å². The van der Waals surface area contributed by atoms with Crippen molar-refractivity contribution in [2.45, 2.75) is 61.4 Å². The van der Waals surface area contributed by atoms with Crippen LogP contribution < -0.4 is 14.9 Å². The van der Waals surface area contributed by atoms with Crippen LogP contribution in [0, 0.1) is 0 Å². The zero-order valence-electron chi connectivity index (χ0n) is 23.4. The van der Waals surface area contributed by atoms with Crippen LogP contribution in [0.25, 0.3) is 22.3 Å². The molecule has 10 N–H and O–H groups in total. The Balaban J connectivity index is 1.52. The number of fused-ring (bicyclic) bond motifs is 1. The van der Waals surface area contributed by atoms with Crippen LogP contribution in [0.5, 0.6) is 28.7 Å². The molecule has 2 saturated heterocycles. The van der Waals surface area contributed by atoms with Crippen LogP contribution in [0.15, 0.2) is 39.5 Å². The molecule has 5 rings (SSSR count). The molecule has 3 aromatic rings. The number of methoxy groups -OCH3 is 1. The van der Waals surface area contributed by atoms with E-state index in [9.17, 15) is 55.9 Å². The minimum Gasteiger partial charge on any atom is -0.507 e. The number of hydrogen-bond donors (Lipinski definition) is 10. The van der Waals surface area contributed by atoms with Crippen molar-refractivity contribution in [1.29, 1.82) is 0 Å². The molecule has 45 heavy (non-hydrogen) atoms. The van der Waals surface area contributed by atoms with E-state index in [2.05, 4.69) is 0 Å². The Morgan fingerprint density at radius 3 is 2.04 bits per heavy atom. The number of ether oxygens (including phenoxy) is 5. The molecule has 0 aliphatic carbocycles. The van der Waals surface area contributed by atoms with Gasteiger partial charge in [-0.25, -0.2) is 0 Å². The van der Waals surface area contributed by atoms with Gasteiger partial charge in [-0.05, 0) is 18.2 Å². The summed E-state index contributed by atoms with van der Waals surface area (Å²) < 4.78 is 33.0. The molecule has 0 radical (unpaired) electrons. The summed E-state index contributed by atoms with van der Waals surface area (Å²) in [6, 6.07) is 5.90. The molecular formula is C28H32O17. The van der Waals surface area contributed by atoms with Gasteiger partial charge in [0.25, 0.3) is 0 Å². The van der Waals surface area contributed by atoms with Gasteiger partial charge in [0.15, 0.2) is 40.7 Å². The third-order valence-corrected chi connectivity index (χ3v) is 7.59. The van der Waals surface area contributed by atoms with E-state index in [0.717, 1.165) is 12.1 Å². The molecule has 17 nitrogen and oxygen atoms in total. The van der Waals surface area contributed by atoms with Gasteiger partial charge in [-0.1, -0.05) is 0 Å². The average molecular weight is 641 g/mol. The Kier molecular flexibility index (Phi) is 9.38. The summed E-state index contributed by atoms with van der Waals surface area (Å²) in [7, 11) is 1.31. The third kappa shape index (κ3) is 5.98. The Labute approximate surface area is 252 Å².